The van der Waals surface area contributed by atoms with Crippen LogP contribution in [-0.4, -0.2) is 28.1 Å². The van der Waals surface area contributed by atoms with Crippen molar-refractivity contribution in [3.63, 3.8) is 0 Å². The second kappa shape index (κ2) is 7.35. The number of hydrogen-bond acceptors (Lipinski definition) is 5. The molecule has 2 aromatic carbocycles. The van der Waals surface area contributed by atoms with Gasteiger partial charge in [0.2, 0.25) is 0 Å². The van der Waals surface area contributed by atoms with Gasteiger partial charge in [-0.1, -0.05) is 17.7 Å². The molecule has 0 aliphatic rings. The third kappa shape index (κ3) is 4.05. The minimum atomic E-state index is -3.92. The summed E-state index contributed by atoms with van der Waals surface area (Å²) in [5, 5.41) is 0. The van der Waals surface area contributed by atoms with Crippen LogP contribution in [0.2, 0.25) is 0 Å². The molecular weight excluding hydrogens is 330 g/mol. The van der Waals surface area contributed by atoms with Gasteiger partial charge < -0.3 is 9.47 Å². The third-order valence-corrected chi connectivity index (χ3v) is 4.67. The largest absolute Gasteiger partial charge is 0.495 e. The molecule has 24 heavy (non-hydrogen) atoms. The molecular formula is C17H19NO5S. The molecule has 2 rings (SSSR count). The highest BCUT2D eigenvalue weighted by atomic mass is 32.2. The average Bonchev–Trinajstić information content (AvgIpc) is 2.56. The normalized spacial score (nSPS) is 11.0. The van der Waals surface area contributed by atoms with E-state index in [1.54, 1.807) is 31.2 Å². The van der Waals surface area contributed by atoms with E-state index in [0.29, 0.717) is 5.69 Å². The first kappa shape index (κ1) is 17.8. The number of aryl methyl sites for hydroxylation is 1. The molecule has 0 aliphatic heterocycles. The molecule has 0 aromatic heterocycles. The van der Waals surface area contributed by atoms with Crippen molar-refractivity contribution >= 4 is 21.7 Å². The number of rotatable bonds is 6. The Morgan fingerprint density at radius 1 is 1.12 bits per heavy atom. The van der Waals surface area contributed by atoms with E-state index in [1.165, 1.54) is 25.3 Å². The van der Waals surface area contributed by atoms with Crippen molar-refractivity contribution < 1.29 is 22.7 Å². The van der Waals surface area contributed by atoms with Gasteiger partial charge in [0.15, 0.2) is 0 Å². The van der Waals surface area contributed by atoms with Crippen molar-refractivity contribution in [2.24, 2.45) is 0 Å². The molecule has 0 saturated heterocycles. The summed E-state index contributed by atoms with van der Waals surface area (Å²) in [6.07, 6.45) is 0. The third-order valence-electron chi connectivity index (χ3n) is 3.27. The fourth-order valence-electron chi connectivity index (χ4n) is 2.06. The number of hydrogen-bond donors (Lipinski definition) is 1. The number of carbonyl (C=O) groups excluding carboxylic acids is 1. The monoisotopic (exact) mass is 349 g/mol. The second-order valence-corrected chi connectivity index (χ2v) is 6.71. The number of esters is 1. The number of nitrogens with one attached hydrogen (secondary N) is 1. The Kier molecular flexibility index (Phi) is 5.46. The molecule has 0 saturated carbocycles. The Bertz CT molecular complexity index is 829. The summed E-state index contributed by atoms with van der Waals surface area (Å²) in [4.78, 5) is 11.7. The van der Waals surface area contributed by atoms with Gasteiger partial charge in [-0.25, -0.2) is 13.2 Å². The van der Waals surface area contributed by atoms with Crippen LogP contribution in [0.5, 0.6) is 5.75 Å². The predicted molar refractivity (Wildman–Crippen MR) is 90.9 cm³/mol. The standard InChI is InChI=1S/C17H19NO5S/c1-4-23-17(19)13-7-10-15(22-3)16(11-13)24(20,21)18-14-8-5-12(2)6-9-14/h5-11,18H,4H2,1-3H3. The summed E-state index contributed by atoms with van der Waals surface area (Å²) in [7, 11) is -2.56. The number of methoxy groups -OCH3 is 1. The van der Waals surface area contributed by atoms with Crippen LogP contribution in [0.25, 0.3) is 0 Å². The van der Waals surface area contributed by atoms with Crippen LogP contribution in [0.4, 0.5) is 5.69 Å². The maximum atomic E-state index is 12.7. The molecule has 6 nitrogen and oxygen atoms in total. The lowest BCUT2D eigenvalue weighted by atomic mass is 10.2. The van der Waals surface area contributed by atoms with Crippen LogP contribution in [0.3, 0.4) is 0 Å². The smallest absolute Gasteiger partial charge is 0.338 e. The molecule has 128 valence electrons. The highest BCUT2D eigenvalue weighted by Crippen LogP contribution is 2.27. The molecule has 0 heterocycles. The molecule has 0 radical (unpaired) electrons. The lowest BCUT2D eigenvalue weighted by Crippen LogP contribution is -2.15. The average molecular weight is 349 g/mol. The van der Waals surface area contributed by atoms with E-state index in [9.17, 15) is 13.2 Å². The van der Waals surface area contributed by atoms with Gasteiger partial charge in [0, 0.05) is 5.69 Å². The predicted octanol–water partition coefficient (Wildman–Crippen LogP) is 2.98. The molecule has 0 amide bonds. The zero-order valence-corrected chi connectivity index (χ0v) is 14.5. The topological polar surface area (TPSA) is 81.7 Å². The van der Waals surface area contributed by atoms with Crippen molar-refractivity contribution in [2.75, 3.05) is 18.4 Å². The Hall–Kier alpha value is -2.54. The van der Waals surface area contributed by atoms with Crippen molar-refractivity contribution in [1.82, 2.24) is 0 Å². The molecule has 0 aliphatic carbocycles. The Labute approximate surface area is 141 Å². The van der Waals surface area contributed by atoms with Gasteiger partial charge in [0.1, 0.15) is 10.6 Å². The zero-order chi connectivity index (χ0) is 17.7. The van der Waals surface area contributed by atoms with Crippen LogP contribution in [0.1, 0.15) is 22.8 Å². The Balaban J connectivity index is 2.41. The number of anilines is 1. The summed E-state index contributed by atoms with van der Waals surface area (Å²) >= 11 is 0. The van der Waals surface area contributed by atoms with Crippen molar-refractivity contribution in [2.45, 2.75) is 18.7 Å². The van der Waals surface area contributed by atoms with E-state index < -0.39 is 16.0 Å². The van der Waals surface area contributed by atoms with E-state index in [0.717, 1.165) is 5.56 Å². The lowest BCUT2D eigenvalue weighted by molar-refractivity contribution is 0.0526. The van der Waals surface area contributed by atoms with Crippen LogP contribution in [0.15, 0.2) is 47.4 Å². The molecule has 0 spiro atoms. The minimum Gasteiger partial charge on any atom is -0.495 e. The number of ether oxygens (including phenoxy) is 2. The van der Waals surface area contributed by atoms with Crippen molar-refractivity contribution in [3.8, 4) is 5.75 Å². The summed E-state index contributed by atoms with van der Waals surface area (Å²) in [5.74, 6) is -0.449. The number of sulfonamides is 1. The summed E-state index contributed by atoms with van der Waals surface area (Å²) < 4.78 is 37.8. The van der Waals surface area contributed by atoms with Gasteiger partial charge >= 0.3 is 5.97 Å². The van der Waals surface area contributed by atoms with Crippen LogP contribution >= 0.6 is 0 Å². The number of benzene rings is 2. The molecule has 0 atom stereocenters. The maximum absolute atomic E-state index is 12.7. The lowest BCUT2D eigenvalue weighted by Gasteiger charge is -2.13. The van der Waals surface area contributed by atoms with Crippen LogP contribution in [-0.2, 0) is 14.8 Å². The second-order valence-electron chi connectivity index (χ2n) is 5.06. The van der Waals surface area contributed by atoms with Crippen LogP contribution < -0.4 is 9.46 Å². The van der Waals surface area contributed by atoms with Crippen molar-refractivity contribution in [3.05, 3.63) is 53.6 Å². The van der Waals surface area contributed by atoms with E-state index in [4.69, 9.17) is 9.47 Å². The molecule has 1 N–H and O–H groups in total. The Morgan fingerprint density at radius 2 is 1.79 bits per heavy atom. The minimum absolute atomic E-state index is 0.129. The van der Waals surface area contributed by atoms with Gasteiger partial charge in [-0.2, -0.15) is 0 Å². The molecule has 2 aromatic rings. The van der Waals surface area contributed by atoms with Crippen LogP contribution in [0, 0.1) is 6.92 Å². The summed E-state index contributed by atoms with van der Waals surface area (Å²) in [5.41, 5.74) is 1.57. The fourth-order valence-corrected chi connectivity index (χ4v) is 3.31. The van der Waals surface area contributed by atoms with Gasteiger partial charge in [0.05, 0.1) is 19.3 Å². The summed E-state index contributed by atoms with van der Waals surface area (Å²) in [6, 6.07) is 11.0. The fraction of sp³-hybridized carbons (Fsp3) is 0.235. The van der Waals surface area contributed by atoms with E-state index >= 15 is 0 Å². The highest BCUT2D eigenvalue weighted by Gasteiger charge is 2.22. The van der Waals surface area contributed by atoms with E-state index in [2.05, 4.69) is 4.72 Å². The zero-order valence-electron chi connectivity index (χ0n) is 13.7. The van der Waals surface area contributed by atoms with Gasteiger partial charge in [0.25, 0.3) is 10.0 Å². The van der Waals surface area contributed by atoms with E-state index in [-0.39, 0.29) is 22.8 Å². The quantitative estimate of drug-likeness (QED) is 0.811. The highest BCUT2D eigenvalue weighted by molar-refractivity contribution is 7.92. The van der Waals surface area contributed by atoms with Crippen molar-refractivity contribution in [1.29, 1.82) is 0 Å². The van der Waals surface area contributed by atoms with Gasteiger partial charge in [-0.3, -0.25) is 4.72 Å². The molecule has 0 fully saturated rings. The SMILES string of the molecule is CCOC(=O)c1ccc(OC)c(S(=O)(=O)Nc2ccc(C)cc2)c1. The first-order valence-corrected chi connectivity index (χ1v) is 8.80. The molecule has 0 bridgehead atoms. The first-order valence-electron chi connectivity index (χ1n) is 7.32. The molecule has 0 unspecified atom stereocenters. The molecule has 7 heteroatoms. The van der Waals surface area contributed by atoms with Gasteiger partial charge in [-0.05, 0) is 44.2 Å². The summed E-state index contributed by atoms with van der Waals surface area (Å²) in [6.45, 7) is 3.79. The Morgan fingerprint density at radius 3 is 2.38 bits per heavy atom. The van der Waals surface area contributed by atoms with Gasteiger partial charge in [-0.15, -0.1) is 0 Å². The van der Waals surface area contributed by atoms with E-state index in [1.807, 2.05) is 6.92 Å². The maximum Gasteiger partial charge on any atom is 0.338 e. The number of carbonyl (C=O) groups is 1. The first-order chi connectivity index (χ1) is 11.4.